The van der Waals surface area contributed by atoms with E-state index in [1.54, 1.807) is 6.92 Å². The topological polar surface area (TPSA) is 72.5 Å². The van der Waals surface area contributed by atoms with Crippen LogP contribution in [0, 0.1) is 11.6 Å². The zero-order chi connectivity index (χ0) is 18.8. The second kappa shape index (κ2) is 7.45. The predicted octanol–water partition coefficient (Wildman–Crippen LogP) is 2.84. The van der Waals surface area contributed by atoms with Gasteiger partial charge in [-0.2, -0.15) is 0 Å². The first-order valence-electron chi connectivity index (χ1n) is 7.77. The number of hydrogen-bond donors (Lipinski definition) is 1. The molecule has 0 aliphatic heterocycles. The first-order valence-corrected chi connectivity index (χ1v) is 9.42. The first kappa shape index (κ1) is 19.3. The Hall–Kier alpha value is -2.06. The van der Waals surface area contributed by atoms with E-state index in [-0.39, 0.29) is 22.8 Å². The molecule has 2 rings (SSSR count). The molecule has 1 atom stereocenters. The standard InChI is InChI=1S/C17H19F2NO4S/c1-4-11-8-14(20-25(22,23)5-2)16(21)10(3)17(11)24-15-7-6-12(18)9-13(15)19/h6-9,14,20H,4-5H2,1-3H3. The van der Waals surface area contributed by atoms with Crippen molar-refractivity contribution in [3.8, 4) is 5.75 Å². The zero-order valence-corrected chi connectivity index (χ0v) is 14.9. The molecule has 25 heavy (non-hydrogen) atoms. The van der Waals surface area contributed by atoms with Crippen LogP contribution < -0.4 is 9.46 Å². The van der Waals surface area contributed by atoms with E-state index in [4.69, 9.17) is 4.74 Å². The fraction of sp³-hybridized carbons (Fsp3) is 0.353. The average Bonchev–Trinajstić information content (AvgIpc) is 2.56. The summed E-state index contributed by atoms with van der Waals surface area (Å²) >= 11 is 0. The number of sulfonamides is 1. The lowest BCUT2D eigenvalue weighted by molar-refractivity contribution is -0.116. The molecule has 0 fully saturated rings. The fourth-order valence-electron chi connectivity index (χ4n) is 2.39. The van der Waals surface area contributed by atoms with E-state index in [1.807, 2.05) is 0 Å². The average molecular weight is 371 g/mol. The van der Waals surface area contributed by atoms with Crippen molar-refractivity contribution in [3.63, 3.8) is 0 Å². The lowest BCUT2D eigenvalue weighted by atomic mass is 9.92. The maximum atomic E-state index is 13.8. The fourth-order valence-corrected chi connectivity index (χ4v) is 3.12. The van der Waals surface area contributed by atoms with Crippen LogP contribution in [0.25, 0.3) is 0 Å². The number of carbonyl (C=O) groups excluding carboxylic acids is 1. The van der Waals surface area contributed by atoms with E-state index in [0.29, 0.717) is 18.1 Å². The number of rotatable bonds is 6. The van der Waals surface area contributed by atoms with Crippen LogP contribution in [0.15, 0.2) is 41.2 Å². The van der Waals surface area contributed by atoms with E-state index in [1.165, 1.54) is 19.9 Å². The monoisotopic (exact) mass is 371 g/mol. The molecule has 1 aromatic rings. The number of nitrogens with one attached hydrogen (secondary N) is 1. The van der Waals surface area contributed by atoms with Crippen LogP contribution in [-0.4, -0.2) is 26.0 Å². The van der Waals surface area contributed by atoms with E-state index in [2.05, 4.69) is 4.72 Å². The number of ether oxygens (including phenoxy) is 1. The molecular weight excluding hydrogens is 352 g/mol. The highest BCUT2D eigenvalue weighted by Gasteiger charge is 2.31. The number of halogens is 2. The van der Waals surface area contributed by atoms with Crippen LogP contribution in [0.2, 0.25) is 0 Å². The number of hydrogen-bond acceptors (Lipinski definition) is 4. The van der Waals surface area contributed by atoms with Gasteiger partial charge in [-0.05, 0) is 38.0 Å². The molecule has 1 unspecified atom stereocenters. The minimum absolute atomic E-state index is 0.154. The molecule has 136 valence electrons. The number of ketones is 1. The maximum Gasteiger partial charge on any atom is 0.212 e. The van der Waals surface area contributed by atoms with Gasteiger partial charge in [0.1, 0.15) is 17.6 Å². The molecule has 0 amide bonds. The van der Waals surface area contributed by atoms with Crippen LogP contribution in [0.4, 0.5) is 8.78 Å². The molecule has 0 spiro atoms. The quantitative estimate of drug-likeness (QED) is 0.835. The van der Waals surface area contributed by atoms with Gasteiger partial charge >= 0.3 is 0 Å². The van der Waals surface area contributed by atoms with Crippen LogP contribution in [0.3, 0.4) is 0 Å². The molecule has 5 nitrogen and oxygen atoms in total. The lowest BCUT2D eigenvalue weighted by Gasteiger charge is -2.24. The van der Waals surface area contributed by atoms with Crippen LogP contribution in [-0.2, 0) is 14.8 Å². The van der Waals surface area contributed by atoms with Crippen LogP contribution in [0.1, 0.15) is 27.2 Å². The molecule has 0 bridgehead atoms. The summed E-state index contributed by atoms with van der Waals surface area (Å²) in [6.45, 7) is 4.74. The minimum atomic E-state index is -3.58. The van der Waals surface area contributed by atoms with Gasteiger partial charge < -0.3 is 4.74 Å². The maximum absolute atomic E-state index is 13.8. The zero-order valence-electron chi connectivity index (χ0n) is 14.1. The van der Waals surface area contributed by atoms with Crippen molar-refractivity contribution in [2.24, 2.45) is 0 Å². The molecule has 1 aliphatic rings. The molecule has 0 radical (unpaired) electrons. The smallest absolute Gasteiger partial charge is 0.212 e. The van der Waals surface area contributed by atoms with Crippen molar-refractivity contribution in [2.75, 3.05) is 5.75 Å². The van der Waals surface area contributed by atoms with Crippen LogP contribution in [0.5, 0.6) is 5.75 Å². The minimum Gasteiger partial charge on any atom is -0.454 e. The Morgan fingerprint density at radius 3 is 2.48 bits per heavy atom. The summed E-state index contributed by atoms with van der Waals surface area (Å²) < 4.78 is 58.1. The molecule has 1 aromatic carbocycles. The van der Waals surface area contributed by atoms with E-state index < -0.39 is 33.5 Å². The van der Waals surface area contributed by atoms with Gasteiger partial charge in [0.15, 0.2) is 17.3 Å². The van der Waals surface area contributed by atoms with Gasteiger partial charge in [0.05, 0.1) is 5.75 Å². The summed E-state index contributed by atoms with van der Waals surface area (Å²) in [5.41, 5.74) is 0.733. The second-order valence-corrected chi connectivity index (χ2v) is 7.58. The van der Waals surface area contributed by atoms with E-state index in [0.717, 1.165) is 12.1 Å². The van der Waals surface area contributed by atoms with Crippen molar-refractivity contribution >= 4 is 15.8 Å². The Labute approximate surface area is 145 Å². The molecule has 1 aliphatic carbocycles. The van der Waals surface area contributed by atoms with Gasteiger partial charge in [-0.15, -0.1) is 0 Å². The van der Waals surface area contributed by atoms with Gasteiger partial charge in [0.25, 0.3) is 0 Å². The van der Waals surface area contributed by atoms with Crippen molar-refractivity contribution in [3.05, 3.63) is 52.8 Å². The Morgan fingerprint density at radius 2 is 1.92 bits per heavy atom. The summed E-state index contributed by atoms with van der Waals surface area (Å²) in [7, 11) is -3.58. The lowest BCUT2D eigenvalue weighted by Crippen LogP contribution is -2.42. The summed E-state index contributed by atoms with van der Waals surface area (Å²) in [4.78, 5) is 12.5. The molecule has 0 saturated carbocycles. The largest absolute Gasteiger partial charge is 0.454 e. The van der Waals surface area contributed by atoms with Gasteiger partial charge in [-0.25, -0.2) is 21.9 Å². The van der Waals surface area contributed by atoms with Gasteiger partial charge in [0, 0.05) is 11.6 Å². The van der Waals surface area contributed by atoms with Crippen molar-refractivity contribution in [2.45, 2.75) is 33.2 Å². The number of benzene rings is 1. The Morgan fingerprint density at radius 1 is 1.24 bits per heavy atom. The summed E-state index contributed by atoms with van der Waals surface area (Å²) in [6, 6.07) is 1.84. The highest BCUT2D eigenvalue weighted by atomic mass is 32.2. The Balaban J connectivity index is 2.37. The molecule has 0 aromatic heterocycles. The number of allylic oxidation sites excluding steroid dienone is 1. The van der Waals surface area contributed by atoms with Crippen molar-refractivity contribution < 1.29 is 26.7 Å². The van der Waals surface area contributed by atoms with Crippen LogP contribution >= 0.6 is 0 Å². The molecular formula is C17H19F2NO4S. The third kappa shape index (κ3) is 4.32. The second-order valence-electron chi connectivity index (χ2n) is 5.54. The Bertz CT molecular complexity index is 859. The van der Waals surface area contributed by atoms with Gasteiger partial charge in [-0.1, -0.05) is 13.0 Å². The molecule has 0 heterocycles. The van der Waals surface area contributed by atoms with Gasteiger partial charge in [0.2, 0.25) is 10.0 Å². The summed E-state index contributed by atoms with van der Waals surface area (Å²) in [6.07, 6.45) is 1.90. The van der Waals surface area contributed by atoms with Crippen molar-refractivity contribution in [1.82, 2.24) is 4.72 Å². The third-order valence-electron chi connectivity index (χ3n) is 3.83. The SMILES string of the molecule is CCC1=CC(NS(=O)(=O)CC)C(=O)C(C)=C1Oc1ccc(F)cc1F. The number of carbonyl (C=O) groups is 1. The highest BCUT2D eigenvalue weighted by Crippen LogP contribution is 2.30. The van der Waals surface area contributed by atoms with E-state index in [9.17, 15) is 22.0 Å². The molecule has 1 N–H and O–H groups in total. The number of Topliss-reactive ketones (excluding diaryl/α,β-unsaturated/α-hetero) is 1. The predicted molar refractivity (Wildman–Crippen MR) is 89.5 cm³/mol. The van der Waals surface area contributed by atoms with Gasteiger partial charge in [-0.3, -0.25) is 4.79 Å². The molecule has 8 heteroatoms. The third-order valence-corrected chi connectivity index (χ3v) is 5.20. The first-order chi connectivity index (χ1) is 11.7. The Kier molecular flexibility index (Phi) is 5.74. The summed E-state index contributed by atoms with van der Waals surface area (Å²) in [5.74, 6) is -2.32. The summed E-state index contributed by atoms with van der Waals surface area (Å²) in [5, 5.41) is 0. The highest BCUT2D eigenvalue weighted by molar-refractivity contribution is 7.89. The van der Waals surface area contributed by atoms with Crippen molar-refractivity contribution in [1.29, 1.82) is 0 Å². The molecule has 0 saturated heterocycles. The normalized spacial score (nSPS) is 18.4. The van der Waals surface area contributed by atoms with E-state index >= 15 is 0 Å².